The summed E-state index contributed by atoms with van der Waals surface area (Å²) in [5.41, 5.74) is 8.00. The van der Waals surface area contributed by atoms with Gasteiger partial charge < -0.3 is 20.4 Å². The maximum atomic E-state index is 8.96. The summed E-state index contributed by atoms with van der Waals surface area (Å²) in [6.45, 7) is -1.28. The molecular weight excluding hydrogens is 166 g/mol. The molecule has 7 nitrogen and oxygen atoms in total. The van der Waals surface area contributed by atoms with Gasteiger partial charge in [0.1, 0.15) is 0 Å². The number of aliphatic hydroxyl groups is 4. The summed E-state index contributed by atoms with van der Waals surface area (Å²) in [7, 11) is 0. The molecule has 0 aromatic heterocycles. The van der Waals surface area contributed by atoms with Crippen molar-refractivity contribution < 1.29 is 20.4 Å². The van der Waals surface area contributed by atoms with Crippen LogP contribution in [0.3, 0.4) is 0 Å². The van der Waals surface area contributed by atoms with E-state index in [4.69, 9.17) is 26.0 Å². The Balaban J connectivity index is 4.30. The van der Waals surface area contributed by atoms with E-state index in [1.165, 1.54) is 0 Å². The van der Waals surface area contributed by atoms with Crippen LogP contribution < -0.4 is 0 Å². The lowest BCUT2D eigenvalue weighted by atomic mass is 10.1. The van der Waals surface area contributed by atoms with Gasteiger partial charge in [0.25, 0.3) is 0 Å². The van der Waals surface area contributed by atoms with Gasteiger partial charge >= 0.3 is 0 Å². The molecule has 7 heteroatoms. The van der Waals surface area contributed by atoms with Gasteiger partial charge in [-0.25, -0.2) is 0 Å². The Bertz CT molecular complexity index is 160. The van der Waals surface area contributed by atoms with Gasteiger partial charge in [0, 0.05) is 4.91 Å². The summed E-state index contributed by atoms with van der Waals surface area (Å²) >= 11 is 0. The molecule has 0 aliphatic rings. The number of hydrogen-bond donors (Lipinski definition) is 4. The van der Waals surface area contributed by atoms with Crippen LogP contribution in [-0.4, -0.2) is 51.9 Å². The lowest BCUT2D eigenvalue weighted by Crippen LogP contribution is -2.39. The fraction of sp³-hybridized carbons (Fsp3) is 1.00. The first kappa shape index (κ1) is 11.2. The van der Waals surface area contributed by atoms with E-state index in [1.54, 1.807) is 0 Å². The Morgan fingerprint density at radius 3 is 1.83 bits per heavy atom. The second-order valence-corrected chi connectivity index (χ2v) is 2.20. The molecule has 0 aromatic carbocycles. The van der Waals surface area contributed by atoms with Crippen molar-refractivity contribution in [2.75, 3.05) is 13.2 Å². The molecule has 0 saturated carbocycles. The highest BCUT2D eigenvalue weighted by Gasteiger charge is 2.24. The third kappa shape index (κ3) is 3.04. The smallest absolute Gasteiger partial charge is 0.0937 e. The number of hydrogen-bond acceptors (Lipinski definition) is 5. The molecule has 0 radical (unpaired) electrons. The SMILES string of the molecule is [N-]=[N+]=NC([C@@H](O)CO)[C@@H](O)CO. The Hall–Kier alpha value is -0.850. The topological polar surface area (TPSA) is 130 Å². The molecular formula is C5H11N3O4. The van der Waals surface area contributed by atoms with Crippen LogP contribution in [0.2, 0.25) is 0 Å². The molecule has 4 N–H and O–H groups in total. The predicted octanol–water partition coefficient (Wildman–Crippen LogP) is -1.63. The maximum Gasteiger partial charge on any atom is 0.0937 e. The van der Waals surface area contributed by atoms with Crippen LogP contribution in [0.4, 0.5) is 0 Å². The first-order valence-electron chi connectivity index (χ1n) is 3.29. The van der Waals surface area contributed by atoms with Crippen LogP contribution in [0.5, 0.6) is 0 Å². The van der Waals surface area contributed by atoms with Gasteiger partial charge in [-0.3, -0.25) is 0 Å². The molecule has 0 aliphatic heterocycles. The standard InChI is InChI=1S/C5H11N3O4/c6-8-7-5(3(11)1-9)4(12)2-10/h3-5,9-12H,1-2H2/t3-,4-/m0/s1. The Kier molecular flexibility index (Phi) is 5.35. The van der Waals surface area contributed by atoms with E-state index in [0.717, 1.165) is 0 Å². The molecule has 0 saturated heterocycles. The average molecular weight is 177 g/mol. The fourth-order valence-electron chi connectivity index (χ4n) is 0.686. The van der Waals surface area contributed by atoms with E-state index in [0.29, 0.717) is 0 Å². The molecule has 0 spiro atoms. The molecule has 0 aromatic rings. The maximum absolute atomic E-state index is 8.96. The van der Waals surface area contributed by atoms with Crippen molar-refractivity contribution in [3.8, 4) is 0 Å². The molecule has 0 aliphatic carbocycles. The van der Waals surface area contributed by atoms with Crippen molar-refractivity contribution in [1.29, 1.82) is 0 Å². The molecule has 2 atom stereocenters. The van der Waals surface area contributed by atoms with Gasteiger partial charge in [-0.2, -0.15) is 0 Å². The number of nitrogens with zero attached hydrogens (tertiary/aromatic N) is 3. The molecule has 0 rings (SSSR count). The van der Waals surface area contributed by atoms with Crippen molar-refractivity contribution >= 4 is 0 Å². The van der Waals surface area contributed by atoms with Crippen LogP contribution in [0, 0.1) is 0 Å². The third-order valence-corrected chi connectivity index (χ3v) is 1.35. The summed E-state index contributed by atoms with van der Waals surface area (Å²) in [6.07, 6.45) is -2.72. The van der Waals surface area contributed by atoms with E-state index < -0.39 is 31.5 Å². The number of azide groups is 1. The van der Waals surface area contributed by atoms with Gasteiger partial charge in [-0.15, -0.1) is 0 Å². The fourth-order valence-corrected chi connectivity index (χ4v) is 0.686. The van der Waals surface area contributed by atoms with E-state index in [1.807, 2.05) is 0 Å². The van der Waals surface area contributed by atoms with Gasteiger partial charge in [-0.05, 0) is 5.53 Å². The van der Waals surface area contributed by atoms with E-state index >= 15 is 0 Å². The first-order chi connectivity index (χ1) is 5.67. The molecule has 70 valence electrons. The highest BCUT2D eigenvalue weighted by molar-refractivity contribution is 4.82. The third-order valence-electron chi connectivity index (χ3n) is 1.35. The molecule has 0 heterocycles. The Morgan fingerprint density at radius 2 is 1.58 bits per heavy atom. The van der Waals surface area contributed by atoms with Crippen molar-refractivity contribution in [1.82, 2.24) is 0 Å². The van der Waals surface area contributed by atoms with Gasteiger partial charge in [0.15, 0.2) is 0 Å². The zero-order valence-corrected chi connectivity index (χ0v) is 6.28. The quantitative estimate of drug-likeness (QED) is 0.228. The van der Waals surface area contributed by atoms with Crippen LogP contribution in [-0.2, 0) is 0 Å². The van der Waals surface area contributed by atoms with Crippen LogP contribution in [0.25, 0.3) is 10.4 Å². The normalized spacial score (nSPS) is 15.4. The zero-order valence-electron chi connectivity index (χ0n) is 6.28. The van der Waals surface area contributed by atoms with Gasteiger partial charge in [0.05, 0.1) is 31.5 Å². The summed E-state index contributed by atoms with van der Waals surface area (Å²) < 4.78 is 0. The summed E-state index contributed by atoms with van der Waals surface area (Å²) in [5, 5.41) is 37.9. The minimum Gasteiger partial charge on any atom is -0.394 e. The van der Waals surface area contributed by atoms with Crippen molar-refractivity contribution in [2.24, 2.45) is 5.11 Å². The van der Waals surface area contributed by atoms with E-state index in [9.17, 15) is 0 Å². The average Bonchev–Trinajstić information content (AvgIpc) is 2.11. The van der Waals surface area contributed by atoms with E-state index in [-0.39, 0.29) is 0 Å². The second kappa shape index (κ2) is 5.76. The molecule has 0 bridgehead atoms. The molecule has 0 fully saturated rings. The minimum absolute atomic E-state index is 0.638. The minimum atomic E-state index is -1.36. The highest BCUT2D eigenvalue weighted by Crippen LogP contribution is 2.04. The largest absolute Gasteiger partial charge is 0.394 e. The number of rotatable bonds is 5. The summed E-state index contributed by atoms with van der Waals surface area (Å²) in [6, 6.07) is -1.22. The van der Waals surface area contributed by atoms with E-state index in [2.05, 4.69) is 10.0 Å². The Labute approximate surface area is 68.5 Å². The zero-order chi connectivity index (χ0) is 9.56. The van der Waals surface area contributed by atoms with Crippen molar-refractivity contribution in [2.45, 2.75) is 18.2 Å². The van der Waals surface area contributed by atoms with Crippen LogP contribution in [0.1, 0.15) is 0 Å². The lowest BCUT2D eigenvalue weighted by molar-refractivity contribution is -0.000627. The summed E-state index contributed by atoms with van der Waals surface area (Å²) in [5.74, 6) is 0. The molecule has 0 amide bonds. The highest BCUT2D eigenvalue weighted by atomic mass is 16.3. The number of aliphatic hydroxyl groups excluding tert-OH is 4. The second-order valence-electron chi connectivity index (χ2n) is 2.20. The van der Waals surface area contributed by atoms with Gasteiger partial charge in [-0.1, -0.05) is 5.11 Å². The van der Waals surface area contributed by atoms with Crippen molar-refractivity contribution in [3.63, 3.8) is 0 Å². The first-order valence-corrected chi connectivity index (χ1v) is 3.29. The summed E-state index contributed by atoms with van der Waals surface area (Å²) in [4.78, 5) is 2.36. The van der Waals surface area contributed by atoms with Gasteiger partial charge in [0.2, 0.25) is 0 Å². The molecule has 0 unspecified atom stereocenters. The van der Waals surface area contributed by atoms with Crippen LogP contribution >= 0.6 is 0 Å². The molecule has 12 heavy (non-hydrogen) atoms. The van der Waals surface area contributed by atoms with Crippen LogP contribution in [0.15, 0.2) is 5.11 Å². The lowest BCUT2D eigenvalue weighted by Gasteiger charge is -2.19. The van der Waals surface area contributed by atoms with Crippen molar-refractivity contribution in [3.05, 3.63) is 10.4 Å². The monoisotopic (exact) mass is 177 g/mol. The Morgan fingerprint density at radius 1 is 1.17 bits per heavy atom. The predicted molar refractivity (Wildman–Crippen MR) is 39.1 cm³/mol.